The second-order valence-electron chi connectivity index (χ2n) is 5.55. The lowest BCUT2D eigenvalue weighted by Crippen LogP contribution is -2.35. The zero-order valence-corrected chi connectivity index (χ0v) is 11.8. The Morgan fingerprint density at radius 2 is 2.00 bits per heavy atom. The molecule has 1 fully saturated rings. The maximum absolute atomic E-state index is 9.59. The summed E-state index contributed by atoms with van der Waals surface area (Å²) in [6.45, 7) is 0.0116. The van der Waals surface area contributed by atoms with Crippen molar-refractivity contribution in [3.63, 3.8) is 0 Å². The topological polar surface area (TPSA) is 84.1 Å². The molecule has 0 unspecified atom stereocenters. The fourth-order valence-corrected chi connectivity index (χ4v) is 2.68. The summed E-state index contributed by atoms with van der Waals surface area (Å²) < 4.78 is 0. The van der Waals surface area contributed by atoms with E-state index in [1.54, 1.807) is 6.33 Å². The van der Waals surface area contributed by atoms with Gasteiger partial charge in [0.1, 0.15) is 12.1 Å². The number of benzene rings is 1. The van der Waals surface area contributed by atoms with Gasteiger partial charge in [0.15, 0.2) is 0 Å². The molecular formula is C16H20N4O. The summed E-state index contributed by atoms with van der Waals surface area (Å²) in [6, 6.07) is 11.9. The highest BCUT2D eigenvalue weighted by molar-refractivity contribution is 5.40. The number of rotatable bonds is 5. The summed E-state index contributed by atoms with van der Waals surface area (Å²) in [5, 5.41) is 12.9. The molecule has 0 spiro atoms. The van der Waals surface area contributed by atoms with E-state index in [0.717, 1.165) is 29.9 Å². The molecule has 1 aromatic heterocycles. The number of hydrogen-bond donors (Lipinski definition) is 3. The first-order valence-electron chi connectivity index (χ1n) is 7.26. The van der Waals surface area contributed by atoms with Crippen LogP contribution < -0.4 is 11.1 Å². The lowest BCUT2D eigenvalue weighted by Gasteiger charge is -2.32. The molecule has 1 saturated carbocycles. The molecule has 3 rings (SSSR count). The third kappa shape index (κ3) is 3.20. The van der Waals surface area contributed by atoms with Crippen LogP contribution in [-0.2, 0) is 0 Å². The predicted molar refractivity (Wildman–Crippen MR) is 81.9 cm³/mol. The van der Waals surface area contributed by atoms with Crippen molar-refractivity contribution in [1.29, 1.82) is 0 Å². The summed E-state index contributed by atoms with van der Waals surface area (Å²) in [6.07, 6.45) is 3.54. The minimum absolute atomic E-state index is 0.0116. The molecule has 0 amide bonds. The van der Waals surface area contributed by atoms with Crippen LogP contribution in [0.25, 0.3) is 0 Å². The molecule has 110 valence electrons. The van der Waals surface area contributed by atoms with Crippen LogP contribution in [0, 0.1) is 0 Å². The summed E-state index contributed by atoms with van der Waals surface area (Å²) in [5.74, 6) is 1.18. The Kier molecular flexibility index (Phi) is 4.13. The first-order chi connectivity index (χ1) is 10.3. The number of aliphatic hydroxyl groups excluding tert-OH is 1. The second kappa shape index (κ2) is 6.20. The molecule has 5 heteroatoms. The van der Waals surface area contributed by atoms with E-state index < -0.39 is 0 Å². The van der Waals surface area contributed by atoms with Crippen molar-refractivity contribution in [2.24, 2.45) is 5.73 Å². The Morgan fingerprint density at radius 3 is 2.67 bits per heavy atom. The Hall–Kier alpha value is -1.98. The van der Waals surface area contributed by atoms with Crippen LogP contribution in [0.3, 0.4) is 0 Å². The highest BCUT2D eigenvalue weighted by Crippen LogP contribution is 2.35. The van der Waals surface area contributed by atoms with E-state index in [2.05, 4.69) is 15.3 Å². The van der Waals surface area contributed by atoms with E-state index in [-0.39, 0.29) is 12.6 Å². The molecule has 1 aliphatic rings. The SMILES string of the molecule is NC1CC(c2cc(N[C@H](CO)c3ccccc3)ncn2)C1. The first kappa shape index (κ1) is 14.0. The van der Waals surface area contributed by atoms with Crippen LogP contribution in [0.1, 0.15) is 36.1 Å². The summed E-state index contributed by atoms with van der Waals surface area (Å²) >= 11 is 0. The fraction of sp³-hybridized carbons (Fsp3) is 0.375. The lowest BCUT2D eigenvalue weighted by atomic mass is 9.78. The third-order valence-electron chi connectivity index (χ3n) is 3.99. The van der Waals surface area contributed by atoms with Gasteiger partial charge in [-0.25, -0.2) is 9.97 Å². The molecule has 0 bridgehead atoms. The van der Waals surface area contributed by atoms with Gasteiger partial charge in [0.05, 0.1) is 12.6 Å². The Balaban J connectivity index is 1.73. The number of hydrogen-bond acceptors (Lipinski definition) is 5. The molecule has 1 atom stereocenters. The number of nitrogens with one attached hydrogen (secondary N) is 1. The van der Waals surface area contributed by atoms with Gasteiger partial charge >= 0.3 is 0 Å². The van der Waals surface area contributed by atoms with Crippen LogP contribution in [-0.4, -0.2) is 27.7 Å². The van der Waals surface area contributed by atoms with Gasteiger partial charge in [0, 0.05) is 23.7 Å². The van der Waals surface area contributed by atoms with Crippen LogP contribution in [0.4, 0.5) is 5.82 Å². The van der Waals surface area contributed by atoms with E-state index in [9.17, 15) is 5.11 Å². The van der Waals surface area contributed by atoms with E-state index in [4.69, 9.17) is 5.73 Å². The highest BCUT2D eigenvalue weighted by atomic mass is 16.3. The largest absolute Gasteiger partial charge is 0.394 e. The number of nitrogens with two attached hydrogens (primary N) is 1. The molecule has 1 aromatic carbocycles. The van der Waals surface area contributed by atoms with E-state index in [1.165, 1.54) is 0 Å². The number of aliphatic hydroxyl groups is 1. The van der Waals surface area contributed by atoms with Crippen molar-refractivity contribution in [1.82, 2.24) is 9.97 Å². The average Bonchev–Trinajstić information content (AvgIpc) is 2.50. The lowest BCUT2D eigenvalue weighted by molar-refractivity contribution is 0.276. The predicted octanol–water partition coefficient (Wildman–Crippen LogP) is 1.83. The number of nitrogens with zero attached hydrogens (tertiary/aromatic N) is 2. The van der Waals surface area contributed by atoms with Crippen molar-refractivity contribution in [3.05, 3.63) is 54.0 Å². The molecule has 0 aliphatic heterocycles. The molecule has 1 heterocycles. The smallest absolute Gasteiger partial charge is 0.130 e. The number of aromatic nitrogens is 2. The molecule has 4 N–H and O–H groups in total. The van der Waals surface area contributed by atoms with Crippen molar-refractivity contribution >= 4 is 5.82 Å². The second-order valence-corrected chi connectivity index (χ2v) is 5.55. The third-order valence-corrected chi connectivity index (χ3v) is 3.99. The molecule has 1 aliphatic carbocycles. The van der Waals surface area contributed by atoms with Crippen molar-refractivity contribution in [2.45, 2.75) is 30.8 Å². The van der Waals surface area contributed by atoms with Crippen LogP contribution >= 0.6 is 0 Å². The molecule has 5 nitrogen and oxygen atoms in total. The normalized spacial score (nSPS) is 22.4. The van der Waals surface area contributed by atoms with Gasteiger partial charge in [-0.1, -0.05) is 30.3 Å². The van der Waals surface area contributed by atoms with E-state index >= 15 is 0 Å². The highest BCUT2D eigenvalue weighted by Gasteiger charge is 2.28. The van der Waals surface area contributed by atoms with Crippen LogP contribution in [0.5, 0.6) is 0 Å². The molecule has 21 heavy (non-hydrogen) atoms. The van der Waals surface area contributed by atoms with Gasteiger partial charge in [-0.3, -0.25) is 0 Å². The number of anilines is 1. The first-order valence-corrected chi connectivity index (χ1v) is 7.26. The molecule has 0 saturated heterocycles. The minimum Gasteiger partial charge on any atom is -0.394 e. The molecular weight excluding hydrogens is 264 g/mol. The summed E-state index contributed by atoms with van der Waals surface area (Å²) in [5.41, 5.74) is 7.89. The maximum atomic E-state index is 9.59. The van der Waals surface area contributed by atoms with Crippen molar-refractivity contribution in [3.8, 4) is 0 Å². The van der Waals surface area contributed by atoms with Crippen LogP contribution in [0.2, 0.25) is 0 Å². The van der Waals surface area contributed by atoms with E-state index in [1.807, 2.05) is 36.4 Å². The van der Waals surface area contributed by atoms with Gasteiger partial charge in [0.25, 0.3) is 0 Å². The minimum atomic E-state index is -0.169. The summed E-state index contributed by atoms with van der Waals surface area (Å²) in [7, 11) is 0. The average molecular weight is 284 g/mol. The van der Waals surface area contributed by atoms with Gasteiger partial charge in [-0.05, 0) is 18.4 Å². The zero-order chi connectivity index (χ0) is 14.7. The Bertz CT molecular complexity index is 584. The van der Waals surface area contributed by atoms with Crippen molar-refractivity contribution < 1.29 is 5.11 Å². The fourth-order valence-electron chi connectivity index (χ4n) is 2.68. The standard InChI is InChI=1S/C16H20N4O/c17-13-6-12(7-13)14-8-16(19-10-18-14)20-15(9-21)11-4-2-1-3-5-11/h1-5,8,10,12-13,15,21H,6-7,9,17H2,(H,18,19,20)/t12?,13?,15-/m1/s1. The zero-order valence-electron chi connectivity index (χ0n) is 11.8. The Labute approximate surface area is 124 Å². The molecule has 0 radical (unpaired) electrons. The van der Waals surface area contributed by atoms with Gasteiger partial charge < -0.3 is 16.2 Å². The van der Waals surface area contributed by atoms with Gasteiger partial charge in [0.2, 0.25) is 0 Å². The molecule has 2 aromatic rings. The van der Waals surface area contributed by atoms with Gasteiger partial charge in [-0.2, -0.15) is 0 Å². The monoisotopic (exact) mass is 284 g/mol. The van der Waals surface area contributed by atoms with Crippen LogP contribution in [0.15, 0.2) is 42.7 Å². The maximum Gasteiger partial charge on any atom is 0.130 e. The van der Waals surface area contributed by atoms with Crippen molar-refractivity contribution in [2.75, 3.05) is 11.9 Å². The van der Waals surface area contributed by atoms with Gasteiger partial charge in [-0.15, -0.1) is 0 Å². The summed E-state index contributed by atoms with van der Waals surface area (Å²) in [4.78, 5) is 8.58. The van der Waals surface area contributed by atoms with E-state index in [0.29, 0.717) is 12.0 Å². The Morgan fingerprint density at radius 1 is 1.24 bits per heavy atom. The quantitative estimate of drug-likeness (QED) is 0.780.